The summed E-state index contributed by atoms with van der Waals surface area (Å²) in [6.45, 7) is 0. The number of carbonyl (C=O) groups excluding carboxylic acids is 4. The van der Waals surface area contributed by atoms with Crippen LogP contribution in [0.15, 0.2) is 0 Å². The molecule has 1 aliphatic carbocycles. The van der Waals surface area contributed by atoms with Crippen LogP contribution in [-0.4, -0.2) is 23.9 Å². The second-order valence-corrected chi connectivity index (χ2v) is 5.14. The van der Waals surface area contributed by atoms with Gasteiger partial charge < -0.3 is 9.47 Å². The summed E-state index contributed by atoms with van der Waals surface area (Å²) in [4.78, 5) is 46.7. The molecule has 3 aliphatic rings. The molecule has 0 aromatic heterocycles. The third-order valence-corrected chi connectivity index (χ3v) is 4.09. The van der Waals surface area contributed by atoms with Crippen LogP contribution in [0, 0.1) is 23.7 Å². The molecule has 0 spiro atoms. The van der Waals surface area contributed by atoms with Crippen molar-refractivity contribution in [3.63, 3.8) is 0 Å². The van der Waals surface area contributed by atoms with Crippen LogP contribution in [0.1, 0.15) is 25.7 Å². The highest BCUT2D eigenvalue weighted by molar-refractivity contribution is 5.96. The molecule has 2 aliphatic heterocycles. The molecule has 96 valence electrons. The van der Waals surface area contributed by atoms with Gasteiger partial charge in [0, 0.05) is 0 Å². The summed E-state index contributed by atoms with van der Waals surface area (Å²) in [5.74, 6) is -4.68. The smallest absolute Gasteiger partial charge is 0.317 e. The Morgan fingerprint density at radius 1 is 0.667 bits per heavy atom. The van der Waals surface area contributed by atoms with Crippen LogP contribution >= 0.6 is 0 Å². The van der Waals surface area contributed by atoms with Crippen LogP contribution < -0.4 is 0 Å². The number of hydrogen-bond donors (Lipinski definition) is 0. The van der Waals surface area contributed by atoms with Crippen molar-refractivity contribution in [3.8, 4) is 0 Å². The Morgan fingerprint density at radius 3 is 2.00 bits per heavy atom. The van der Waals surface area contributed by atoms with E-state index in [4.69, 9.17) is 4.74 Å². The third kappa shape index (κ3) is 1.63. The number of fused-ring (bicyclic) bond motifs is 6. The van der Waals surface area contributed by atoms with E-state index in [1.165, 1.54) is 0 Å². The van der Waals surface area contributed by atoms with Crippen molar-refractivity contribution in [3.05, 3.63) is 0 Å². The van der Waals surface area contributed by atoms with Crippen molar-refractivity contribution >= 4 is 23.9 Å². The van der Waals surface area contributed by atoms with Gasteiger partial charge in [-0.3, -0.25) is 19.2 Å². The molecule has 0 radical (unpaired) electrons. The lowest BCUT2D eigenvalue weighted by Gasteiger charge is -2.32. The Bertz CT molecular complexity index is 453. The first-order valence-corrected chi connectivity index (χ1v) is 6.07. The third-order valence-electron chi connectivity index (χ3n) is 4.09. The summed E-state index contributed by atoms with van der Waals surface area (Å²) in [6, 6.07) is 0. The number of rotatable bonds is 0. The summed E-state index contributed by atoms with van der Waals surface area (Å²) in [5, 5.41) is 0. The van der Waals surface area contributed by atoms with Gasteiger partial charge in [0.2, 0.25) is 0 Å². The Morgan fingerprint density at radius 2 is 1.28 bits per heavy atom. The topological polar surface area (TPSA) is 86.7 Å². The fourth-order valence-corrected chi connectivity index (χ4v) is 3.08. The fraction of sp³-hybridized carbons (Fsp3) is 0.667. The van der Waals surface area contributed by atoms with Gasteiger partial charge in [-0.1, -0.05) is 0 Å². The molecule has 2 saturated heterocycles. The molecule has 4 unspecified atom stereocenters. The minimum absolute atomic E-state index is 0.293. The normalized spacial score (nSPS) is 39.6. The fourth-order valence-electron chi connectivity index (χ4n) is 3.08. The molecule has 6 heteroatoms. The van der Waals surface area contributed by atoms with Crippen molar-refractivity contribution in [2.24, 2.45) is 23.7 Å². The lowest BCUT2D eigenvalue weighted by Crippen LogP contribution is -2.41. The van der Waals surface area contributed by atoms with Gasteiger partial charge in [0.1, 0.15) is 0 Å². The van der Waals surface area contributed by atoms with E-state index < -0.39 is 47.5 Å². The van der Waals surface area contributed by atoms with E-state index in [-0.39, 0.29) is 0 Å². The summed E-state index contributed by atoms with van der Waals surface area (Å²) in [7, 11) is 0. The van der Waals surface area contributed by atoms with Gasteiger partial charge in [0.15, 0.2) is 0 Å². The summed E-state index contributed by atoms with van der Waals surface area (Å²) in [6.07, 6.45) is 1.53. The van der Waals surface area contributed by atoms with Crippen LogP contribution in [-0.2, 0) is 28.7 Å². The Hall–Kier alpha value is -1.72. The van der Waals surface area contributed by atoms with Crippen LogP contribution in [0.5, 0.6) is 0 Å². The zero-order valence-electron chi connectivity index (χ0n) is 9.59. The van der Waals surface area contributed by atoms with Gasteiger partial charge in [-0.2, -0.15) is 0 Å². The summed E-state index contributed by atoms with van der Waals surface area (Å²) >= 11 is 0. The van der Waals surface area contributed by atoms with Gasteiger partial charge in [0.25, 0.3) is 0 Å². The minimum atomic E-state index is -0.661. The monoisotopic (exact) mass is 252 g/mol. The maximum absolute atomic E-state index is 11.8. The van der Waals surface area contributed by atoms with Crippen molar-refractivity contribution < 1.29 is 28.7 Å². The number of cyclic esters (lactones) is 4. The molecule has 18 heavy (non-hydrogen) atoms. The number of esters is 4. The Labute approximate surface area is 103 Å². The molecule has 3 fully saturated rings. The van der Waals surface area contributed by atoms with Gasteiger partial charge in [0.05, 0.1) is 23.7 Å². The second kappa shape index (κ2) is 3.90. The maximum Gasteiger partial charge on any atom is 0.317 e. The van der Waals surface area contributed by atoms with E-state index in [1.54, 1.807) is 0 Å². The molecule has 3 rings (SSSR count). The predicted molar refractivity (Wildman–Crippen MR) is 54.6 cm³/mol. The SMILES string of the molecule is O=C1OC(=O)C2CCC1CC1CC2C(=O)OC1=O. The van der Waals surface area contributed by atoms with E-state index in [2.05, 4.69) is 4.74 Å². The highest BCUT2D eigenvalue weighted by Crippen LogP contribution is 2.41. The molecule has 4 atom stereocenters. The second-order valence-electron chi connectivity index (χ2n) is 5.14. The largest absolute Gasteiger partial charge is 0.393 e. The Kier molecular flexibility index (Phi) is 2.46. The van der Waals surface area contributed by atoms with Crippen molar-refractivity contribution in [2.75, 3.05) is 0 Å². The minimum Gasteiger partial charge on any atom is -0.393 e. The van der Waals surface area contributed by atoms with E-state index >= 15 is 0 Å². The quantitative estimate of drug-likeness (QED) is 0.452. The van der Waals surface area contributed by atoms with E-state index in [0.717, 1.165) is 0 Å². The molecule has 6 nitrogen and oxygen atoms in total. The number of carbonyl (C=O) groups is 4. The van der Waals surface area contributed by atoms with Crippen molar-refractivity contribution in [1.29, 1.82) is 0 Å². The number of hydrogen-bond acceptors (Lipinski definition) is 6. The van der Waals surface area contributed by atoms with Crippen LogP contribution in [0.25, 0.3) is 0 Å². The lowest BCUT2D eigenvalue weighted by atomic mass is 9.74. The molecular weight excluding hydrogens is 240 g/mol. The average molecular weight is 252 g/mol. The van der Waals surface area contributed by atoms with Gasteiger partial charge >= 0.3 is 23.9 Å². The van der Waals surface area contributed by atoms with E-state index in [1.807, 2.05) is 0 Å². The first-order chi connectivity index (χ1) is 8.56. The first kappa shape index (κ1) is 11.4. The molecule has 0 N–H and O–H groups in total. The van der Waals surface area contributed by atoms with Gasteiger partial charge in [-0.25, -0.2) is 0 Å². The standard InChI is InChI=1S/C12H12O6/c13-9-5-1-2-7(11(15)17-9)8-4-6(3-5)10(14)18-12(8)16/h5-8H,1-4H2. The molecule has 0 amide bonds. The van der Waals surface area contributed by atoms with Crippen molar-refractivity contribution in [2.45, 2.75) is 25.7 Å². The van der Waals surface area contributed by atoms with Crippen LogP contribution in [0.3, 0.4) is 0 Å². The van der Waals surface area contributed by atoms with E-state index in [0.29, 0.717) is 25.7 Å². The summed E-state index contributed by atoms with van der Waals surface area (Å²) in [5.41, 5.74) is 0. The molecular formula is C12H12O6. The Balaban J connectivity index is 2.01. The lowest BCUT2D eigenvalue weighted by molar-refractivity contribution is -0.177. The first-order valence-electron chi connectivity index (χ1n) is 6.07. The maximum atomic E-state index is 11.8. The van der Waals surface area contributed by atoms with E-state index in [9.17, 15) is 19.2 Å². The number of ether oxygens (including phenoxy) is 2. The highest BCUT2D eigenvalue weighted by Gasteiger charge is 2.50. The zero-order valence-corrected chi connectivity index (χ0v) is 9.59. The molecule has 4 bridgehead atoms. The summed E-state index contributed by atoms with van der Waals surface area (Å²) < 4.78 is 9.44. The molecule has 1 saturated carbocycles. The van der Waals surface area contributed by atoms with Crippen molar-refractivity contribution in [1.82, 2.24) is 0 Å². The average Bonchev–Trinajstić information content (AvgIpc) is 2.36. The predicted octanol–water partition coefficient (Wildman–Crippen LogP) is 0.192. The molecule has 0 aromatic rings. The van der Waals surface area contributed by atoms with Gasteiger partial charge in [-0.05, 0) is 25.7 Å². The van der Waals surface area contributed by atoms with Crippen LogP contribution in [0.4, 0.5) is 0 Å². The zero-order chi connectivity index (χ0) is 12.9. The molecule has 2 heterocycles. The van der Waals surface area contributed by atoms with Gasteiger partial charge in [-0.15, -0.1) is 0 Å². The molecule has 0 aromatic carbocycles. The highest BCUT2D eigenvalue weighted by atomic mass is 16.6. The van der Waals surface area contributed by atoms with Crippen LogP contribution in [0.2, 0.25) is 0 Å².